The van der Waals surface area contributed by atoms with E-state index in [-0.39, 0.29) is 17.8 Å². The van der Waals surface area contributed by atoms with Crippen LogP contribution in [0.2, 0.25) is 0 Å². The number of H-pyrrole nitrogens is 1. The zero-order valence-electron chi connectivity index (χ0n) is 10.6. The highest BCUT2D eigenvalue weighted by atomic mass is 32.1. The number of rotatable bonds is 2. The lowest BCUT2D eigenvalue weighted by molar-refractivity contribution is 0.104. The van der Waals surface area contributed by atoms with Crippen LogP contribution in [0, 0.1) is 0 Å². The third-order valence-corrected chi connectivity index (χ3v) is 3.78. The second-order valence-electron chi connectivity index (χ2n) is 4.09. The summed E-state index contributed by atoms with van der Waals surface area (Å²) < 4.78 is 10.6. The van der Waals surface area contributed by atoms with Crippen molar-refractivity contribution in [2.75, 3.05) is 6.61 Å². The molecule has 0 aliphatic carbocycles. The van der Waals surface area contributed by atoms with Gasteiger partial charge in [-0.05, 0) is 30.5 Å². The maximum Gasteiger partial charge on any atom is 0.514 e. The van der Waals surface area contributed by atoms with Crippen LogP contribution in [-0.4, -0.2) is 17.7 Å². The van der Waals surface area contributed by atoms with Gasteiger partial charge in [0.1, 0.15) is 0 Å². The number of fused-ring (bicyclic) bond motifs is 3. The van der Waals surface area contributed by atoms with Crippen LogP contribution in [0.5, 0.6) is 5.75 Å². The predicted molar refractivity (Wildman–Crippen MR) is 77.6 cm³/mol. The van der Waals surface area contributed by atoms with Crippen molar-refractivity contribution in [2.24, 2.45) is 0 Å². The Balaban J connectivity index is 2.18. The fourth-order valence-electron chi connectivity index (χ4n) is 2.05. The Labute approximate surface area is 117 Å². The standard InChI is InChI=1S/C14H11NO4S/c1-2-18-14(17)19-10-7-15-9-3-4-11-8(5-6-20-11)12(9)13(10)16/h3-7H,2H2,1H3,(H,15,16). The molecular formula is C14H11NO4S. The highest BCUT2D eigenvalue weighted by molar-refractivity contribution is 7.17. The number of ether oxygens (including phenoxy) is 2. The van der Waals surface area contributed by atoms with Gasteiger partial charge in [-0.3, -0.25) is 4.79 Å². The monoisotopic (exact) mass is 289 g/mol. The molecule has 0 unspecified atom stereocenters. The molecule has 2 aromatic heterocycles. The summed E-state index contributed by atoms with van der Waals surface area (Å²) in [7, 11) is 0. The molecule has 0 atom stereocenters. The number of hydrogen-bond acceptors (Lipinski definition) is 5. The maximum absolute atomic E-state index is 12.4. The first-order chi connectivity index (χ1) is 9.70. The Kier molecular flexibility index (Phi) is 3.15. The third-order valence-electron chi connectivity index (χ3n) is 2.90. The van der Waals surface area contributed by atoms with E-state index < -0.39 is 6.16 Å². The van der Waals surface area contributed by atoms with E-state index in [4.69, 9.17) is 4.74 Å². The summed E-state index contributed by atoms with van der Waals surface area (Å²) in [6.07, 6.45) is 0.495. The summed E-state index contributed by atoms with van der Waals surface area (Å²) in [5, 5.41) is 3.29. The first-order valence-corrected chi connectivity index (χ1v) is 6.95. The van der Waals surface area contributed by atoms with Crippen molar-refractivity contribution in [1.29, 1.82) is 0 Å². The van der Waals surface area contributed by atoms with Gasteiger partial charge in [-0.15, -0.1) is 11.3 Å². The van der Waals surface area contributed by atoms with Gasteiger partial charge in [-0.25, -0.2) is 4.79 Å². The summed E-state index contributed by atoms with van der Waals surface area (Å²) in [5.74, 6) is -0.0605. The zero-order chi connectivity index (χ0) is 14.1. The van der Waals surface area contributed by atoms with Crippen molar-refractivity contribution in [2.45, 2.75) is 6.92 Å². The van der Waals surface area contributed by atoms with E-state index in [0.29, 0.717) is 10.9 Å². The summed E-state index contributed by atoms with van der Waals surface area (Å²) in [5.41, 5.74) is 0.382. The van der Waals surface area contributed by atoms with Crippen LogP contribution >= 0.6 is 11.3 Å². The van der Waals surface area contributed by atoms with Crippen molar-refractivity contribution in [1.82, 2.24) is 4.98 Å². The highest BCUT2D eigenvalue weighted by Gasteiger charge is 2.13. The van der Waals surface area contributed by atoms with Crippen molar-refractivity contribution in [3.8, 4) is 5.75 Å². The first kappa shape index (κ1) is 12.7. The zero-order valence-corrected chi connectivity index (χ0v) is 11.5. The van der Waals surface area contributed by atoms with Crippen molar-refractivity contribution in [3.63, 3.8) is 0 Å². The lowest BCUT2D eigenvalue weighted by Gasteiger charge is -2.05. The van der Waals surface area contributed by atoms with Crippen molar-refractivity contribution in [3.05, 3.63) is 40.0 Å². The van der Waals surface area contributed by atoms with E-state index >= 15 is 0 Å². The van der Waals surface area contributed by atoms with Crippen LogP contribution in [0.25, 0.3) is 21.0 Å². The van der Waals surface area contributed by atoms with Gasteiger partial charge in [-0.2, -0.15) is 0 Å². The topological polar surface area (TPSA) is 68.4 Å². The summed E-state index contributed by atoms with van der Waals surface area (Å²) >= 11 is 1.55. The minimum absolute atomic E-state index is 0.0605. The molecule has 0 bridgehead atoms. The largest absolute Gasteiger partial charge is 0.514 e. The van der Waals surface area contributed by atoms with Gasteiger partial charge >= 0.3 is 6.16 Å². The normalized spacial score (nSPS) is 10.8. The smallest absolute Gasteiger partial charge is 0.434 e. The van der Waals surface area contributed by atoms with Crippen LogP contribution < -0.4 is 10.2 Å². The number of hydrogen-bond donors (Lipinski definition) is 1. The van der Waals surface area contributed by atoms with Gasteiger partial charge < -0.3 is 14.5 Å². The molecule has 2 heterocycles. The molecule has 1 N–H and O–H groups in total. The van der Waals surface area contributed by atoms with Crippen molar-refractivity contribution >= 4 is 38.5 Å². The van der Waals surface area contributed by atoms with Crippen LogP contribution in [0.1, 0.15) is 6.92 Å². The summed E-state index contributed by atoms with van der Waals surface area (Å²) in [6, 6.07) is 5.67. The molecule has 3 rings (SSSR count). The van der Waals surface area contributed by atoms with E-state index in [9.17, 15) is 9.59 Å². The number of nitrogens with one attached hydrogen (secondary N) is 1. The van der Waals surface area contributed by atoms with E-state index in [2.05, 4.69) is 9.72 Å². The number of thiophene rings is 1. The Bertz CT molecular complexity index is 849. The molecule has 0 saturated heterocycles. The molecule has 0 amide bonds. The van der Waals surface area contributed by atoms with Gasteiger partial charge in [0.15, 0.2) is 5.75 Å². The molecule has 1 aromatic carbocycles. The van der Waals surface area contributed by atoms with E-state index in [1.807, 2.05) is 23.6 Å². The van der Waals surface area contributed by atoms with Gasteiger partial charge in [0.2, 0.25) is 5.43 Å². The molecule has 0 saturated carbocycles. The number of aromatic amines is 1. The molecule has 5 nitrogen and oxygen atoms in total. The molecule has 0 fully saturated rings. The van der Waals surface area contributed by atoms with Gasteiger partial charge in [0.25, 0.3) is 0 Å². The minimum atomic E-state index is -0.880. The number of carbonyl (C=O) groups is 1. The predicted octanol–water partition coefficient (Wildman–Crippen LogP) is 3.28. The average molecular weight is 289 g/mol. The van der Waals surface area contributed by atoms with Crippen LogP contribution in [0.4, 0.5) is 4.79 Å². The van der Waals surface area contributed by atoms with Crippen LogP contribution in [0.3, 0.4) is 0 Å². The molecule has 6 heteroatoms. The van der Waals surface area contributed by atoms with Crippen molar-refractivity contribution < 1.29 is 14.3 Å². The molecule has 0 aliphatic rings. The first-order valence-electron chi connectivity index (χ1n) is 6.07. The second-order valence-corrected chi connectivity index (χ2v) is 5.04. The Hall–Kier alpha value is -2.34. The molecule has 0 radical (unpaired) electrons. The average Bonchev–Trinajstić information content (AvgIpc) is 2.90. The van der Waals surface area contributed by atoms with Gasteiger partial charge in [0, 0.05) is 16.3 Å². The molecule has 3 aromatic rings. The number of aromatic nitrogens is 1. The SMILES string of the molecule is CCOC(=O)Oc1c[nH]c2ccc3sccc3c2c1=O. The number of carbonyl (C=O) groups excluding carboxylic acids is 1. The van der Waals surface area contributed by atoms with E-state index in [0.717, 1.165) is 10.1 Å². The summed E-state index contributed by atoms with van der Waals surface area (Å²) in [4.78, 5) is 26.7. The van der Waals surface area contributed by atoms with Gasteiger partial charge in [0.05, 0.1) is 17.5 Å². The van der Waals surface area contributed by atoms with Crippen LogP contribution in [-0.2, 0) is 4.74 Å². The molecular weight excluding hydrogens is 278 g/mol. The van der Waals surface area contributed by atoms with E-state index in [1.165, 1.54) is 6.20 Å². The lowest BCUT2D eigenvalue weighted by Crippen LogP contribution is -2.16. The van der Waals surface area contributed by atoms with Gasteiger partial charge in [-0.1, -0.05) is 0 Å². The quantitative estimate of drug-likeness (QED) is 0.735. The lowest BCUT2D eigenvalue weighted by atomic mass is 10.1. The maximum atomic E-state index is 12.4. The minimum Gasteiger partial charge on any atom is -0.434 e. The molecule has 0 spiro atoms. The Morgan fingerprint density at radius 1 is 1.35 bits per heavy atom. The molecule has 102 valence electrons. The summed E-state index contributed by atoms with van der Waals surface area (Å²) in [6.45, 7) is 1.86. The Morgan fingerprint density at radius 2 is 2.20 bits per heavy atom. The fourth-order valence-corrected chi connectivity index (χ4v) is 2.85. The molecule has 0 aliphatic heterocycles. The van der Waals surface area contributed by atoms with Crippen LogP contribution in [0.15, 0.2) is 34.6 Å². The number of pyridine rings is 1. The third kappa shape index (κ3) is 2.04. The Morgan fingerprint density at radius 3 is 3.00 bits per heavy atom. The highest BCUT2D eigenvalue weighted by Crippen LogP contribution is 2.27. The fraction of sp³-hybridized carbons (Fsp3) is 0.143. The van der Waals surface area contributed by atoms with E-state index in [1.54, 1.807) is 18.3 Å². The second kappa shape index (κ2) is 4.97. The number of benzene rings is 1. The molecule has 20 heavy (non-hydrogen) atoms.